The van der Waals surface area contributed by atoms with Crippen LogP contribution in [-0.4, -0.2) is 43.0 Å². The second-order valence-electron chi connectivity index (χ2n) is 5.64. The van der Waals surface area contributed by atoms with Crippen LogP contribution in [-0.2, 0) is 0 Å². The number of nitro groups is 1. The van der Waals surface area contributed by atoms with E-state index in [-0.39, 0.29) is 28.3 Å². The van der Waals surface area contributed by atoms with Crippen molar-refractivity contribution in [2.45, 2.75) is 13.8 Å². The molecule has 0 aromatic heterocycles. The fourth-order valence-corrected chi connectivity index (χ4v) is 2.04. The number of nitrogens with two attached hydrogens (primary N) is 1. The van der Waals surface area contributed by atoms with Gasteiger partial charge in [0.1, 0.15) is 0 Å². The Balaban J connectivity index is 3.13. The molecule has 0 fully saturated rings. The molecular weight excluding hydrogens is 274 g/mol. The zero-order chi connectivity index (χ0) is 16.2. The van der Waals surface area contributed by atoms with Gasteiger partial charge in [0.2, 0.25) is 5.75 Å². The van der Waals surface area contributed by atoms with Crippen molar-refractivity contribution >= 4 is 11.6 Å². The molecule has 0 spiro atoms. The molecule has 1 amide bonds. The number of rotatable bonds is 6. The highest BCUT2D eigenvalue weighted by molar-refractivity contribution is 5.98. The summed E-state index contributed by atoms with van der Waals surface area (Å²) in [6.45, 7) is 4.76. The lowest BCUT2D eigenvalue weighted by atomic mass is 9.93. The van der Waals surface area contributed by atoms with E-state index in [0.29, 0.717) is 13.1 Å². The van der Waals surface area contributed by atoms with Gasteiger partial charge in [-0.1, -0.05) is 19.9 Å². The van der Waals surface area contributed by atoms with E-state index < -0.39 is 4.92 Å². The highest BCUT2D eigenvalue weighted by atomic mass is 16.6. The third kappa shape index (κ3) is 3.91. The van der Waals surface area contributed by atoms with Gasteiger partial charge in [0.25, 0.3) is 5.91 Å². The lowest BCUT2D eigenvalue weighted by molar-refractivity contribution is -0.385. The second kappa shape index (κ2) is 6.53. The minimum absolute atomic E-state index is 0.0232. The van der Waals surface area contributed by atoms with Crippen LogP contribution in [0.15, 0.2) is 18.2 Å². The number of hydrogen-bond donors (Lipinski definition) is 1. The molecule has 7 heteroatoms. The number of carbonyl (C=O) groups is 1. The maximum atomic E-state index is 12.5. The van der Waals surface area contributed by atoms with Gasteiger partial charge in [0, 0.05) is 19.7 Å². The highest BCUT2D eigenvalue weighted by Crippen LogP contribution is 2.31. The standard InChI is InChI=1S/C14H21N3O4/c1-14(2,8-15)9-16(3)13(18)10-6-5-7-11(17(19)20)12(10)21-4/h5-7H,8-9,15H2,1-4H3. The zero-order valence-electron chi connectivity index (χ0n) is 12.8. The van der Waals surface area contributed by atoms with Crippen molar-refractivity contribution in [2.75, 3.05) is 27.2 Å². The van der Waals surface area contributed by atoms with Crippen LogP contribution in [0.3, 0.4) is 0 Å². The smallest absolute Gasteiger partial charge is 0.311 e. The largest absolute Gasteiger partial charge is 0.490 e. The van der Waals surface area contributed by atoms with Crippen molar-refractivity contribution < 1.29 is 14.5 Å². The predicted octanol–water partition coefficient (Wildman–Crippen LogP) is 1.66. The van der Waals surface area contributed by atoms with Crippen molar-refractivity contribution in [2.24, 2.45) is 11.1 Å². The van der Waals surface area contributed by atoms with E-state index in [9.17, 15) is 14.9 Å². The van der Waals surface area contributed by atoms with Gasteiger partial charge >= 0.3 is 5.69 Å². The van der Waals surface area contributed by atoms with Crippen molar-refractivity contribution in [1.29, 1.82) is 0 Å². The van der Waals surface area contributed by atoms with Crippen LogP contribution in [0.5, 0.6) is 5.75 Å². The molecule has 0 aliphatic carbocycles. The molecule has 1 aromatic carbocycles. The molecule has 21 heavy (non-hydrogen) atoms. The van der Waals surface area contributed by atoms with Crippen LogP contribution >= 0.6 is 0 Å². The Bertz CT molecular complexity index is 543. The molecule has 0 heterocycles. The lowest BCUT2D eigenvalue weighted by Crippen LogP contribution is -2.39. The SMILES string of the molecule is COc1c(C(=O)N(C)CC(C)(C)CN)cccc1[N+](=O)[O-]. The number of nitrogens with zero attached hydrogens (tertiary/aromatic N) is 2. The number of benzene rings is 1. The predicted molar refractivity (Wildman–Crippen MR) is 79.4 cm³/mol. The van der Waals surface area contributed by atoms with E-state index in [2.05, 4.69) is 0 Å². The molecule has 0 aliphatic heterocycles. The van der Waals surface area contributed by atoms with Gasteiger partial charge in [-0.15, -0.1) is 0 Å². The Labute approximate surface area is 123 Å². The number of methoxy groups -OCH3 is 1. The molecule has 0 aliphatic rings. The van der Waals surface area contributed by atoms with E-state index in [1.54, 1.807) is 7.05 Å². The normalized spacial score (nSPS) is 11.1. The quantitative estimate of drug-likeness (QED) is 0.635. The van der Waals surface area contributed by atoms with Crippen LogP contribution < -0.4 is 10.5 Å². The average Bonchev–Trinajstić information content (AvgIpc) is 2.44. The molecule has 0 saturated heterocycles. The fourth-order valence-electron chi connectivity index (χ4n) is 2.04. The first-order chi connectivity index (χ1) is 9.73. The molecule has 2 N–H and O–H groups in total. The summed E-state index contributed by atoms with van der Waals surface area (Å²) in [5.74, 6) is -0.359. The van der Waals surface area contributed by atoms with Crippen LogP contribution in [0, 0.1) is 15.5 Å². The molecule has 0 unspecified atom stereocenters. The maximum Gasteiger partial charge on any atom is 0.311 e. The first-order valence-corrected chi connectivity index (χ1v) is 6.50. The number of hydrogen-bond acceptors (Lipinski definition) is 5. The summed E-state index contributed by atoms with van der Waals surface area (Å²) < 4.78 is 5.05. The first-order valence-electron chi connectivity index (χ1n) is 6.50. The van der Waals surface area contributed by atoms with Gasteiger partial charge in [-0.05, 0) is 18.0 Å². The number of carbonyl (C=O) groups excluding carboxylic acids is 1. The molecule has 0 atom stereocenters. The minimum Gasteiger partial charge on any atom is -0.490 e. The number of para-hydroxylation sites is 1. The van der Waals surface area contributed by atoms with Crippen molar-refractivity contribution in [1.82, 2.24) is 4.90 Å². The van der Waals surface area contributed by atoms with E-state index in [0.717, 1.165) is 0 Å². The van der Waals surface area contributed by atoms with Crippen molar-refractivity contribution in [3.8, 4) is 5.75 Å². The summed E-state index contributed by atoms with van der Waals surface area (Å²) in [6, 6.07) is 4.29. The molecule has 1 rings (SSSR count). The Kier molecular flexibility index (Phi) is 5.26. The number of amides is 1. The summed E-state index contributed by atoms with van der Waals surface area (Å²) in [5.41, 5.74) is 5.37. The van der Waals surface area contributed by atoms with Gasteiger partial charge in [-0.2, -0.15) is 0 Å². The van der Waals surface area contributed by atoms with Crippen LogP contribution in [0.4, 0.5) is 5.69 Å². The lowest BCUT2D eigenvalue weighted by Gasteiger charge is -2.29. The highest BCUT2D eigenvalue weighted by Gasteiger charge is 2.27. The molecular formula is C14H21N3O4. The molecule has 0 bridgehead atoms. The maximum absolute atomic E-state index is 12.5. The van der Waals surface area contributed by atoms with Crippen LogP contribution in [0.2, 0.25) is 0 Å². The van der Waals surface area contributed by atoms with Gasteiger partial charge in [-0.3, -0.25) is 14.9 Å². The van der Waals surface area contributed by atoms with E-state index in [1.165, 1.54) is 30.2 Å². The second-order valence-corrected chi connectivity index (χ2v) is 5.64. The first kappa shape index (κ1) is 16.9. The van der Waals surface area contributed by atoms with Gasteiger partial charge in [0.15, 0.2) is 0 Å². The molecule has 1 aromatic rings. The van der Waals surface area contributed by atoms with Gasteiger partial charge in [0.05, 0.1) is 17.6 Å². The summed E-state index contributed by atoms with van der Waals surface area (Å²) in [6.07, 6.45) is 0. The Morgan fingerprint density at radius 1 is 1.48 bits per heavy atom. The molecule has 7 nitrogen and oxygen atoms in total. The van der Waals surface area contributed by atoms with Crippen LogP contribution in [0.1, 0.15) is 24.2 Å². The summed E-state index contributed by atoms with van der Waals surface area (Å²) >= 11 is 0. The number of ether oxygens (including phenoxy) is 1. The fraction of sp³-hybridized carbons (Fsp3) is 0.500. The third-order valence-corrected chi connectivity index (χ3v) is 3.19. The molecule has 0 radical (unpaired) electrons. The topological polar surface area (TPSA) is 98.7 Å². The Hall–Kier alpha value is -2.15. The van der Waals surface area contributed by atoms with Crippen LogP contribution in [0.25, 0.3) is 0 Å². The zero-order valence-corrected chi connectivity index (χ0v) is 12.8. The summed E-state index contributed by atoms with van der Waals surface area (Å²) in [4.78, 5) is 24.4. The Morgan fingerprint density at radius 2 is 2.10 bits per heavy atom. The number of nitro benzene ring substituents is 1. The van der Waals surface area contributed by atoms with Crippen molar-refractivity contribution in [3.63, 3.8) is 0 Å². The molecule has 116 valence electrons. The minimum atomic E-state index is -0.570. The van der Waals surface area contributed by atoms with Gasteiger partial charge in [-0.25, -0.2) is 0 Å². The summed E-state index contributed by atoms with van der Waals surface area (Å²) in [5, 5.41) is 11.0. The van der Waals surface area contributed by atoms with E-state index >= 15 is 0 Å². The third-order valence-electron chi connectivity index (χ3n) is 3.19. The molecule has 0 saturated carbocycles. The Morgan fingerprint density at radius 3 is 2.57 bits per heavy atom. The monoisotopic (exact) mass is 295 g/mol. The summed E-state index contributed by atoms with van der Waals surface area (Å²) in [7, 11) is 2.95. The average molecular weight is 295 g/mol. The van der Waals surface area contributed by atoms with E-state index in [4.69, 9.17) is 10.5 Å². The van der Waals surface area contributed by atoms with E-state index in [1.807, 2.05) is 13.8 Å². The van der Waals surface area contributed by atoms with Crippen molar-refractivity contribution in [3.05, 3.63) is 33.9 Å². The van der Waals surface area contributed by atoms with Gasteiger partial charge < -0.3 is 15.4 Å².